The quantitative estimate of drug-likeness (QED) is 0.392. The molecule has 174 valence electrons. The molecule has 1 amide bonds. The number of carbonyl (C=O) groups excluding carboxylic acids is 1. The van der Waals surface area contributed by atoms with Crippen LogP contribution in [0.3, 0.4) is 0 Å². The Kier molecular flexibility index (Phi) is 7.49. The monoisotopic (exact) mass is 469 g/mol. The molecule has 0 radical (unpaired) electrons. The molecule has 33 heavy (non-hydrogen) atoms. The molecule has 2 aromatic carbocycles. The number of nitrogens with two attached hydrogens (primary N) is 1. The second-order valence-corrected chi connectivity index (χ2v) is 9.08. The predicted octanol–water partition coefficient (Wildman–Crippen LogP) is 4.26. The van der Waals surface area contributed by atoms with E-state index in [2.05, 4.69) is 10.2 Å². The van der Waals surface area contributed by atoms with Crippen LogP contribution in [0, 0.1) is 5.82 Å². The lowest BCUT2D eigenvalue weighted by molar-refractivity contribution is -0.132. The predicted molar refractivity (Wildman–Crippen MR) is 127 cm³/mol. The number of carbonyl (C=O) groups is 1. The molecule has 7 nitrogen and oxygen atoms in total. The van der Waals surface area contributed by atoms with Crippen molar-refractivity contribution in [2.24, 2.45) is 0 Å². The summed E-state index contributed by atoms with van der Waals surface area (Å²) in [5.41, 5.74) is 1.73. The molecule has 0 aliphatic heterocycles. The van der Waals surface area contributed by atoms with Crippen LogP contribution in [0.1, 0.15) is 37.7 Å². The van der Waals surface area contributed by atoms with Crippen LogP contribution in [0.5, 0.6) is 5.75 Å². The average molecular weight is 470 g/mol. The maximum Gasteiger partial charge on any atom is 0.233 e. The molecule has 0 spiro atoms. The van der Waals surface area contributed by atoms with Crippen molar-refractivity contribution in [1.82, 2.24) is 19.8 Å². The number of hydrogen-bond acceptors (Lipinski definition) is 6. The fourth-order valence-electron chi connectivity index (χ4n) is 4.12. The normalized spacial score (nSPS) is 14.2. The fraction of sp³-hybridized carbons (Fsp3) is 0.375. The topological polar surface area (TPSA) is 86.3 Å². The van der Waals surface area contributed by atoms with Gasteiger partial charge in [-0.2, -0.15) is 0 Å². The highest BCUT2D eigenvalue weighted by Gasteiger charge is 2.26. The van der Waals surface area contributed by atoms with Gasteiger partial charge in [-0.3, -0.25) is 4.79 Å². The van der Waals surface area contributed by atoms with Gasteiger partial charge >= 0.3 is 0 Å². The molecule has 1 heterocycles. The molecule has 4 rings (SSSR count). The maximum absolute atomic E-state index is 13.3. The lowest BCUT2D eigenvalue weighted by Gasteiger charge is -2.34. The molecule has 3 aromatic rings. The number of hydrogen-bond donors (Lipinski definition) is 1. The Morgan fingerprint density at radius 3 is 2.48 bits per heavy atom. The van der Waals surface area contributed by atoms with Crippen LogP contribution in [0.25, 0.3) is 11.4 Å². The minimum atomic E-state index is -0.278. The number of thioether (sulfide) groups is 1. The van der Waals surface area contributed by atoms with Gasteiger partial charge in [0.15, 0.2) is 5.82 Å². The molecule has 0 unspecified atom stereocenters. The van der Waals surface area contributed by atoms with Crippen LogP contribution >= 0.6 is 11.8 Å². The highest BCUT2D eigenvalue weighted by molar-refractivity contribution is 7.99. The van der Waals surface area contributed by atoms with Crippen LogP contribution in [-0.4, -0.2) is 44.6 Å². The summed E-state index contributed by atoms with van der Waals surface area (Å²) in [5, 5.41) is 8.85. The Hall–Kier alpha value is -3.07. The van der Waals surface area contributed by atoms with E-state index in [-0.39, 0.29) is 23.5 Å². The number of nitrogen functional groups attached to an aromatic ring is 1. The molecule has 0 saturated heterocycles. The van der Waals surface area contributed by atoms with Gasteiger partial charge in [-0.1, -0.05) is 43.2 Å². The molecule has 1 fully saturated rings. The van der Waals surface area contributed by atoms with Gasteiger partial charge < -0.3 is 15.5 Å². The Bertz CT molecular complexity index is 1070. The van der Waals surface area contributed by atoms with Gasteiger partial charge in [0.05, 0.1) is 12.9 Å². The number of benzene rings is 2. The van der Waals surface area contributed by atoms with Gasteiger partial charge in [0, 0.05) is 18.2 Å². The number of halogens is 1. The second-order valence-electron chi connectivity index (χ2n) is 8.13. The molecule has 0 bridgehead atoms. The first-order valence-electron chi connectivity index (χ1n) is 11.1. The van der Waals surface area contributed by atoms with Crippen molar-refractivity contribution in [1.29, 1.82) is 0 Å². The van der Waals surface area contributed by atoms with Gasteiger partial charge in [0.2, 0.25) is 11.1 Å². The van der Waals surface area contributed by atoms with Gasteiger partial charge in [-0.15, -0.1) is 10.2 Å². The molecule has 1 saturated carbocycles. The van der Waals surface area contributed by atoms with E-state index >= 15 is 0 Å². The van der Waals surface area contributed by atoms with Crippen molar-refractivity contribution in [3.63, 3.8) is 0 Å². The SMILES string of the molecule is COc1ccc(-c2nnc(SCC(=O)N(Cc3ccc(F)cc3)C3CCCCC3)n2N)cc1. The maximum atomic E-state index is 13.3. The average Bonchev–Trinajstić information content (AvgIpc) is 3.22. The summed E-state index contributed by atoms with van der Waals surface area (Å²) in [6, 6.07) is 13.9. The minimum absolute atomic E-state index is 0.0187. The zero-order chi connectivity index (χ0) is 23.2. The molecule has 1 aliphatic rings. The molecule has 2 N–H and O–H groups in total. The first kappa shape index (κ1) is 23.1. The summed E-state index contributed by atoms with van der Waals surface area (Å²) in [6.07, 6.45) is 5.42. The van der Waals surface area contributed by atoms with Crippen LogP contribution in [0.2, 0.25) is 0 Å². The van der Waals surface area contributed by atoms with Crippen LogP contribution in [-0.2, 0) is 11.3 Å². The molecular formula is C24H28FN5O2S. The highest BCUT2D eigenvalue weighted by Crippen LogP contribution is 2.27. The van der Waals surface area contributed by atoms with Crippen molar-refractivity contribution >= 4 is 17.7 Å². The first-order chi connectivity index (χ1) is 16.0. The lowest BCUT2D eigenvalue weighted by atomic mass is 9.94. The standard InChI is InChI=1S/C24H28FN5O2S/c1-32-21-13-9-18(10-14-21)23-27-28-24(30(23)26)33-16-22(31)29(20-5-3-2-4-6-20)15-17-7-11-19(25)12-8-17/h7-14,20H,2-6,15-16,26H2,1H3. The van der Waals surface area contributed by atoms with Crippen molar-refractivity contribution in [3.05, 3.63) is 59.9 Å². The highest BCUT2D eigenvalue weighted by atomic mass is 32.2. The van der Waals surface area contributed by atoms with E-state index in [9.17, 15) is 9.18 Å². The Balaban J connectivity index is 1.45. The van der Waals surface area contributed by atoms with Crippen molar-refractivity contribution < 1.29 is 13.9 Å². The van der Waals surface area contributed by atoms with E-state index in [4.69, 9.17) is 10.6 Å². The molecule has 9 heteroatoms. The third kappa shape index (κ3) is 5.65. The summed E-state index contributed by atoms with van der Waals surface area (Å²) in [5.74, 6) is 7.43. The van der Waals surface area contributed by atoms with Crippen LogP contribution < -0.4 is 10.6 Å². The van der Waals surface area contributed by atoms with E-state index in [0.29, 0.717) is 17.5 Å². The lowest BCUT2D eigenvalue weighted by Crippen LogP contribution is -2.42. The summed E-state index contributed by atoms with van der Waals surface area (Å²) in [6.45, 7) is 0.469. The zero-order valence-corrected chi connectivity index (χ0v) is 19.4. The Morgan fingerprint density at radius 2 is 1.82 bits per heavy atom. The second kappa shape index (κ2) is 10.7. The number of ether oxygens (including phenoxy) is 1. The van der Waals surface area contributed by atoms with E-state index in [0.717, 1.165) is 42.6 Å². The van der Waals surface area contributed by atoms with Crippen LogP contribution in [0.4, 0.5) is 4.39 Å². The number of nitrogens with zero attached hydrogens (tertiary/aromatic N) is 4. The molecule has 1 aliphatic carbocycles. The van der Waals surface area contributed by atoms with E-state index in [1.165, 1.54) is 35.0 Å². The van der Waals surface area contributed by atoms with E-state index in [1.807, 2.05) is 29.2 Å². The van der Waals surface area contributed by atoms with Gasteiger partial charge in [0.25, 0.3) is 0 Å². The number of rotatable bonds is 8. The first-order valence-corrected chi connectivity index (χ1v) is 12.1. The zero-order valence-electron chi connectivity index (χ0n) is 18.6. The fourth-order valence-corrected chi connectivity index (χ4v) is 4.86. The van der Waals surface area contributed by atoms with Gasteiger partial charge in [-0.05, 0) is 54.8 Å². The van der Waals surface area contributed by atoms with Gasteiger partial charge in [-0.25, -0.2) is 9.07 Å². The van der Waals surface area contributed by atoms with Gasteiger partial charge in [0.1, 0.15) is 11.6 Å². The summed E-state index contributed by atoms with van der Waals surface area (Å²) in [7, 11) is 1.61. The number of aromatic nitrogens is 3. The summed E-state index contributed by atoms with van der Waals surface area (Å²) >= 11 is 1.27. The van der Waals surface area contributed by atoms with E-state index < -0.39 is 0 Å². The third-order valence-electron chi connectivity index (χ3n) is 5.94. The summed E-state index contributed by atoms with van der Waals surface area (Å²) in [4.78, 5) is 15.2. The van der Waals surface area contributed by atoms with E-state index in [1.54, 1.807) is 19.2 Å². The van der Waals surface area contributed by atoms with Crippen molar-refractivity contribution in [2.75, 3.05) is 18.7 Å². The molecule has 0 atom stereocenters. The molecular weight excluding hydrogens is 441 g/mol. The van der Waals surface area contributed by atoms with Crippen LogP contribution in [0.15, 0.2) is 53.7 Å². The van der Waals surface area contributed by atoms with Crippen molar-refractivity contribution in [3.8, 4) is 17.1 Å². The summed E-state index contributed by atoms with van der Waals surface area (Å²) < 4.78 is 19.9. The largest absolute Gasteiger partial charge is 0.497 e. The number of methoxy groups -OCH3 is 1. The van der Waals surface area contributed by atoms with Crippen molar-refractivity contribution in [2.45, 2.75) is 49.8 Å². The Morgan fingerprint density at radius 1 is 1.12 bits per heavy atom. The third-order valence-corrected chi connectivity index (χ3v) is 6.87. The minimum Gasteiger partial charge on any atom is -0.497 e. The Labute approximate surface area is 197 Å². The number of amides is 1. The molecule has 1 aromatic heterocycles. The smallest absolute Gasteiger partial charge is 0.233 e.